The molecular weight excluding hydrogens is 306 g/mol. The molecule has 6 nitrogen and oxygen atoms in total. The van der Waals surface area contributed by atoms with Gasteiger partial charge in [0.05, 0.1) is 7.11 Å². The highest BCUT2D eigenvalue weighted by atomic mass is 16.5. The smallest absolute Gasteiger partial charge is 0.409 e. The van der Waals surface area contributed by atoms with Crippen LogP contribution in [0.5, 0.6) is 0 Å². The number of fused-ring (bicyclic) bond motifs is 2. The Labute approximate surface area is 144 Å². The summed E-state index contributed by atoms with van der Waals surface area (Å²) in [6.07, 6.45) is 4.85. The van der Waals surface area contributed by atoms with Crippen molar-refractivity contribution < 1.29 is 14.3 Å². The van der Waals surface area contributed by atoms with Crippen LogP contribution in [0.4, 0.5) is 9.59 Å². The first-order valence-corrected chi connectivity index (χ1v) is 9.18. The topological polar surface area (TPSA) is 70.7 Å². The van der Waals surface area contributed by atoms with E-state index in [9.17, 15) is 9.59 Å². The van der Waals surface area contributed by atoms with Gasteiger partial charge in [0.25, 0.3) is 0 Å². The van der Waals surface area contributed by atoms with E-state index in [4.69, 9.17) is 4.74 Å². The van der Waals surface area contributed by atoms with E-state index in [2.05, 4.69) is 31.4 Å². The van der Waals surface area contributed by atoms with Gasteiger partial charge in [-0.25, -0.2) is 9.59 Å². The molecule has 2 N–H and O–H groups in total. The zero-order valence-corrected chi connectivity index (χ0v) is 15.4. The highest BCUT2D eigenvalue weighted by Crippen LogP contribution is 2.65. The van der Waals surface area contributed by atoms with Crippen molar-refractivity contribution in [2.24, 2.45) is 16.7 Å². The molecule has 0 spiro atoms. The number of nitrogens with zero attached hydrogens (tertiary/aromatic N) is 1. The van der Waals surface area contributed by atoms with Gasteiger partial charge in [0.1, 0.15) is 0 Å². The maximum Gasteiger partial charge on any atom is 0.409 e. The van der Waals surface area contributed by atoms with Gasteiger partial charge in [-0.2, -0.15) is 0 Å². The average Bonchev–Trinajstić information content (AvgIpc) is 2.88. The number of rotatable bonds is 2. The van der Waals surface area contributed by atoms with E-state index >= 15 is 0 Å². The predicted octanol–water partition coefficient (Wildman–Crippen LogP) is 2.73. The molecular formula is C18H31N3O3. The standard InChI is InChI=1S/C18H31N3O3/c1-17(2)12-5-8-18(17,3)14(11-12)20-15(22)19-13-6-9-21(10-7-13)16(23)24-4/h12-14H,5-11H2,1-4H3,(H2,19,20,22)/t12-,14+,18-/m1/s1. The Kier molecular flexibility index (Phi) is 4.43. The lowest BCUT2D eigenvalue weighted by molar-refractivity contribution is 0.109. The number of carbonyl (C=O) groups is 2. The molecule has 6 heteroatoms. The molecule has 2 bridgehead atoms. The number of urea groups is 1. The molecule has 2 saturated carbocycles. The van der Waals surface area contributed by atoms with Crippen molar-refractivity contribution in [3.63, 3.8) is 0 Å². The molecule has 2 aliphatic carbocycles. The lowest BCUT2D eigenvalue weighted by atomic mass is 9.69. The summed E-state index contributed by atoms with van der Waals surface area (Å²) >= 11 is 0. The van der Waals surface area contributed by atoms with E-state index < -0.39 is 0 Å². The van der Waals surface area contributed by atoms with Crippen LogP contribution in [0.3, 0.4) is 0 Å². The minimum Gasteiger partial charge on any atom is -0.453 e. The highest BCUT2D eigenvalue weighted by molar-refractivity contribution is 5.75. The van der Waals surface area contributed by atoms with Crippen molar-refractivity contribution >= 4 is 12.1 Å². The molecule has 0 unspecified atom stereocenters. The van der Waals surface area contributed by atoms with E-state index in [1.165, 1.54) is 20.0 Å². The quantitative estimate of drug-likeness (QED) is 0.814. The van der Waals surface area contributed by atoms with Gasteiger partial charge in [0.2, 0.25) is 0 Å². The minimum atomic E-state index is -0.282. The third-order valence-electron chi connectivity index (χ3n) is 7.36. The lowest BCUT2D eigenvalue weighted by Gasteiger charge is -2.39. The number of hydrogen-bond acceptors (Lipinski definition) is 3. The van der Waals surface area contributed by atoms with Crippen molar-refractivity contribution in [2.75, 3.05) is 20.2 Å². The van der Waals surface area contributed by atoms with Crippen LogP contribution in [0.25, 0.3) is 0 Å². The Balaban J connectivity index is 1.49. The third kappa shape index (κ3) is 2.74. The van der Waals surface area contributed by atoms with E-state index in [0.717, 1.165) is 25.2 Å². The Bertz CT molecular complexity index is 514. The molecule has 3 aliphatic rings. The molecule has 3 amide bonds. The minimum absolute atomic E-state index is 0.0545. The van der Waals surface area contributed by atoms with Crippen LogP contribution < -0.4 is 10.6 Å². The Hall–Kier alpha value is -1.46. The molecule has 136 valence electrons. The first kappa shape index (κ1) is 17.4. The summed E-state index contributed by atoms with van der Waals surface area (Å²) in [5.41, 5.74) is 0.500. The second-order valence-electron chi connectivity index (χ2n) is 8.51. The fourth-order valence-electron chi connectivity index (χ4n) is 5.14. The van der Waals surface area contributed by atoms with Gasteiger partial charge in [-0.15, -0.1) is 0 Å². The normalized spacial score (nSPS) is 34.9. The molecule has 3 fully saturated rings. The summed E-state index contributed by atoms with van der Waals surface area (Å²) in [5, 5.41) is 6.34. The summed E-state index contributed by atoms with van der Waals surface area (Å²) < 4.78 is 4.74. The van der Waals surface area contributed by atoms with Gasteiger partial charge in [0, 0.05) is 25.2 Å². The fourth-order valence-corrected chi connectivity index (χ4v) is 5.14. The van der Waals surface area contributed by atoms with Gasteiger partial charge in [-0.05, 0) is 48.9 Å². The first-order valence-electron chi connectivity index (χ1n) is 9.18. The molecule has 0 aromatic rings. The van der Waals surface area contributed by atoms with Gasteiger partial charge >= 0.3 is 12.1 Å². The molecule has 1 aliphatic heterocycles. The number of hydrogen-bond donors (Lipinski definition) is 2. The number of methoxy groups -OCH3 is 1. The van der Waals surface area contributed by atoms with Crippen LogP contribution in [0, 0.1) is 16.7 Å². The number of carbonyl (C=O) groups excluding carboxylic acids is 2. The monoisotopic (exact) mass is 337 g/mol. The largest absolute Gasteiger partial charge is 0.453 e. The van der Waals surface area contributed by atoms with Crippen LogP contribution in [0.2, 0.25) is 0 Å². The molecule has 0 radical (unpaired) electrons. The zero-order chi connectivity index (χ0) is 17.5. The van der Waals surface area contributed by atoms with Crippen LogP contribution in [-0.2, 0) is 4.74 Å². The number of ether oxygens (including phenoxy) is 1. The van der Waals surface area contributed by atoms with E-state index in [-0.39, 0.29) is 29.6 Å². The van der Waals surface area contributed by atoms with Crippen LogP contribution in [0.1, 0.15) is 52.9 Å². The van der Waals surface area contributed by atoms with Crippen LogP contribution in [-0.4, -0.2) is 49.3 Å². The zero-order valence-electron chi connectivity index (χ0n) is 15.4. The highest BCUT2D eigenvalue weighted by Gasteiger charge is 2.61. The summed E-state index contributed by atoms with van der Waals surface area (Å²) in [6.45, 7) is 8.31. The number of amides is 3. The summed E-state index contributed by atoms with van der Waals surface area (Å²) in [6, 6.07) is 0.341. The third-order valence-corrected chi connectivity index (χ3v) is 7.36. The van der Waals surface area contributed by atoms with Crippen molar-refractivity contribution in [2.45, 2.75) is 65.0 Å². The van der Waals surface area contributed by atoms with Gasteiger partial charge in [0.15, 0.2) is 0 Å². The maximum absolute atomic E-state index is 12.4. The predicted molar refractivity (Wildman–Crippen MR) is 91.7 cm³/mol. The second-order valence-corrected chi connectivity index (χ2v) is 8.51. The first-order chi connectivity index (χ1) is 11.3. The Morgan fingerprint density at radius 3 is 2.25 bits per heavy atom. The number of likely N-dealkylation sites (tertiary alicyclic amines) is 1. The molecule has 3 atom stereocenters. The molecule has 1 heterocycles. The Morgan fingerprint density at radius 1 is 1.08 bits per heavy atom. The average molecular weight is 337 g/mol. The van der Waals surface area contributed by atoms with Crippen molar-refractivity contribution in [1.82, 2.24) is 15.5 Å². The van der Waals surface area contributed by atoms with Crippen molar-refractivity contribution in [3.8, 4) is 0 Å². The van der Waals surface area contributed by atoms with Crippen molar-refractivity contribution in [3.05, 3.63) is 0 Å². The van der Waals surface area contributed by atoms with Gasteiger partial charge < -0.3 is 20.3 Å². The molecule has 0 aromatic carbocycles. The summed E-state index contributed by atoms with van der Waals surface area (Å²) in [4.78, 5) is 25.6. The van der Waals surface area contributed by atoms with Crippen molar-refractivity contribution in [1.29, 1.82) is 0 Å². The fraction of sp³-hybridized carbons (Fsp3) is 0.889. The molecule has 24 heavy (non-hydrogen) atoms. The second kappa shape index (κ2) is 6.12. The molecule has 3 rings (SSSR count). The summed E-state index contributed by atoms with van der Waals surface area (Å²) in [5.74, 6) is 0.719. The Morgan fingerprint density at radius 2 is 1.75 bits per heavy atom. The number of nitrogens with one attached hydrogen (secondary N) is 2. The summed E-state index contributed by atoms with van der Waals surface area (Å²) in [7, 11) is 1.40. The van der Waals surface area contributed by atoms with Crippen LogP contribution in [0.15, 0.2) is 0 Å². The van der Waals surface area contributed by atoms with E-state index in [1.54, 1.807) is 4.90 Å². The SMILES string of the molecule is COC(=O)N1CCC(NC(=O)N[C@H]2C[C@H]3CC[C@@]2(C)C3(C)C)CC1. The van der Waals surface area contributed by atoms with Crippen LogP contribution >= 0.6 is 0 Å². The van der Waals surface area contributed by atoms with Gasteiger partial charge in [-0.1, -0.05) is 20.8 Å². The lowest BCUT2D eigenvalue weighted by Crippen LogP contribution is -2.54. The van der Waals surface area contributed by atoms with E-state index in [0.29, 0.717) is 18.5 Å². The molecule has 1 saturated heterocycles. The maximum atomic E-state index is 12.4. The van der Waals surface area contributed by atoms with E-state index in [1.807, 2.05) is 0 Å². The van der Waals surface area contributed by atoms with Gasteiger partial charge in [-0.3, -0.25) is 0 Å². The molecule has 0 aromatic heterocycles. The number of piperidine rings is 1.